The number of hydrogen-bond acceptors (Lipinski definition) is 0. The van der Waals surface area contributed by atoms with Gasteiger partial charge in [0, 0.05) is 17.8 Å². The van der Waals surface area contributed by atoms with Crippen LogP contribution in [0.25, 0.3) is 66.1 Å². The molecule has 0 aromatic heterocycles. The van der Waals surface area contributed by atoms with Crippen molar-refractivity contribution in [3.8, 4) is 22.3 Å². The first kappa shape index (κ1) is 30.7. The molecule has 0 saturated carbocycles. The Labute approximate surface area is 318 Å². The predicted molar refractivity (Wildman–Crippen MR) is 229 cm³/mol. The van der Waals surface area contributed by atoms with Crippen molar-refractivity contribution in [2.24, 2.45) is 23.7 Å². The molecule has 0 radical (unpaired) electrons. The van der Waals surface area contributed by atoms with Crippen LogP contribution in [0.5, 0.6) is 0 Å². The Morgan fingerprint density at radius 2 is 1.37 bits per heavy atom. The van der Waals surface area contributed by atoms with Crippen LogP contribution < -0.4 is 0 Å². The normalized spacial score (nSPS) is 24.3. The second-order valence-electron chi connectivity index (χ2n) is 16.6. The van der Waals surface area contributed by atoms with Gasteiger partial charge in [-0.25, -0.2) is 0 Å². The van der Waals surface area contributed by atoms with Crippen LogP contribution in [-0.4, -0.2) is 0 Å². The van der Waals surface area contributed by atoms with Gasteiger partial charge in [-0.1, -0.05) is 152 Å². The summed E-state index contributed by atoms with van der Waals surface area (Å²) in [5.41, 5.74) is 23.2. The van der Waals surface area contributed by atoms with Gasteiger partial charge < -0.3 is 0 Å². The summed E-state index contributed by atoms with van der Waals surface area (Å²) >= 11 is 0. The summed E-state index contributed by atoms with van der Waals surface area (Å²) < 4.78 is 0. The second-order valence-corrected chi connectivity index (χ2v) is 16.6. The molecular weight excluding hydrogens is 649 g/mol. The van der Waals surface area contributed by atoms with Gasteiger partial charge in [0.05, 0.1) is 0 Å². The number of rotatable bonds is 3. The van der Waals surface area contributed by atoms with Gasteiger partial charge in [-0.2, -0.15) is 0 Å². The van der Waals surface area contributed by atoms with Gasteiger partial charge in [-0.05, 0) is 150 Å². The molecule has 7 aliphatic rings. The number of allylic oxidation sites excluding steroid dienone is 18. The first-order chi connectivity index (χ1) is 26.7. The summed E-state index contributed by atoms with van der Waals surface area (Å²) in [7, 11) is 0. The van der Waals surface area contributed by atoms with Crippen molar-refractivity contribution in [3.63, 3.8) is 0 Å². The molecule has 258 valence electrons. The largest absolute Gasteiger partial charge is 0.0839 e. The summed E-state index contributed by atoms with van der Waals surface area (Å²) in [5, 5.41) is 5.62. The van der Waals surface area contributed by atoms with Crippen molar-refractivity contribution in [1.29, 1.82) is 0 Å². The fraction of sp³-hybridized carbons (Fsp3) is 0.185. The maximum atomic E-state index is 2.70. The topological polar surface area (TPSA) is 0 Å². The van der Waals surface area contributed by atoms with Gasteiger partial charge in [-0.3, -0.25) is 0 Å². The van der Waals surface area contributed by atoms with Gasteiger partial charge >= 0.3 is 0 Å². The minimum Gasteiger partial charge on any atom is -0.0839 e. The third-order valence-corrected chi connectivity index (χ3v) is 13.7. The lowest BCUT2D eigenvalue weighted by molar-refractivity contribution is 0.541. The average molecular weight is 691 g/mol. The Morgan fingerprint density at radius 1 is 0.630 bits per heavy atom. The van der Waals surface area contributed by atoms with Crippen molar-refractivity contribution in [1.82, 2.24) is 0 Å². The maximum Gasteiger partial charge on any atom is 0.0206 e. The lowest BCUT2D eigenvalue weighted by Gasteiger charge is -2.38. The molecule has 4 unspecified atom stereocenters. The number of hydrogen-bond donors (Lipinski definition) is 0. The van der Waals surface area contributed by atoms with E-state index in [1.54, 1.807) is 0 Å². The molecule has 0 N–H and O–H groups in total. The third-order valence-electron chi connectivity index (χ3n) is 13.7. The van der Waals surface area contributed by atoms with E-state index in [0.717, 1.165) is 25.7 Å². The van der Waals surface area contributed by atoms with E-state index >= 15 is 0 Å². The van der Waals surface area contributed by atoms with Crippen LogP contribution in [0, 0.1) is 23.7 Å². The Hall–Kier alpha value is -5.72. The zero-order valence-corrected chi connectivity index (χ0v) is 31.0. The highest BCUT2D eigenvalue weighted by atomic mass is 14.5. The fourth-order valence-electron chi connectivity index (χ4n) is 11.6. The Bertz CT molecular complexity index is 2820. The standard InChI is InChI=1S/C54H42/c1-31-15-13-16-32(2)47(31)36-28-42-37-22-10-9-21-35(37)27-44-51(42)45(29-36)53-48(33-17-5-3-6-18-33)46-30-43-39-24-12-11-23-38(39)40-25-14-26-41(50(40)43)52(46)49(54(44)53)34-19-7-4-8-20-34/h3-8,10-11,13-20,22-23,25-31,42,47,51H,9,12,21,24H2,1-2H3. The van der Waals surface area contributed by atoms with Crippen molar-refractivity contribution in [2.75, 3.05) is 0 Å². The molecular formula is C54H42. The molecule has 0 heterocycles. The van der Waals surface area contributed by atoms with E-state index in [0.29, 0.717) is 17.8 Å². The molecule has 0 nitrogen and oxygen atoms in total. The minimum atomic E-state index is 0.290. The van der Waals surface area contributed by atoms with Gasteiger partial charge in [0.15, 0.2) is 0 Å². The molecule has 7 aliphatic carbocycles. The monoisotopic (exact) mass is 690 g/mol. The summed E-state index contributed by atoms with van der Waals surface area (Å²) in [6, 6.07) is 32.5. The van der Waals surface area contributed by atoms with Crippen LogP contribution in [-0.2, 0) is 0 Å². The number of benzene rings is 5. The van der Waals surface area contributed by atoms with Crippen molar-refractivity contribution >= 4 is 43.8 Å². The van der Waals surface area contributed by atoms with E-state index in [4.69, 9.17) is 0 Å². The van der Waals surface area contributed by atoms with E-state index in [1.165, 1.54) is 111 Å². The molecule has 12 rings (SSSR count). The highest BCUT2D eigenvalue weighted by Gasteiger charge is 2.47. The zero-order valence-electron chi connectivity index (χ0n) is 31.0. The Kier molecular flexibility index (Phi) is 6.48. The number of fused-ring (bicyclic) bond motifs is 8. The average Bonchev–Trinajstić information content (AvgIpc) is 3.71. The van der Waals surface area contributed by atoms with Gasteiger partial charge in [0.1, 0.15) is 0 Å². The van der Waals surface area contributed by atoms with Gasteiger partial charge in [0.25, 0.3) is 0 Å². The van der Waals surface area contributed by atoms with Crippen LogP contribution in [0.2, 0.25) is 0 Å². The lowest BCUT2D eigenvalue weighted by Crippen LogP contribution is -2.25. The van der Waals surface area contributed by atoms with Crippen LogP contribution in [0.15, 0.2) is 168 Å². The van der Waals surface area contributed by atoms with Crippen LogP contribution in [0.4, 0.5) is 0 Å². The third kappa shape index (κ3) is 4.09. The molecule has 0 saturated heterocycles. The predicted octanol–water partition coefficient (Wildman–Crippen LogP) is 14.3. The van der Waals surface area contributed by atoms with Crippen LogP contribution in [0.1, 0.15) is 61.8 Å². The SMILES string of the molecule is CC1=CC=CC(C)C1C1=CC2C3=C(C=C4c5c(c(-c6ccccc6)c6cc7c8c(cccc8c6c5-c5ccccc5)C5=C7CCC=C5)C(=C1)C42)CCC=C3. The molecule has 0 spiro atoms. The smallest absolute Gasteiger partial charge is 0.0206 e. The fourth-order valence-corrected chi connectivity index (χ4v) is 11.6. The summed E-state index contributed by atoms with van der Waals surface area (Å²) in [5.74, 6) is 1.43. The Morgan fingerprint density at radius 3 is 2.19 bits per heavy atom. The quantitative estimate of drug-likeness (QED) is 0.165. The van der Waals surface area contributed by atoms with E-state index in [2.05, 4.69) is 160 Å². The lowest BCUT2D eigenvalue weighted by atomic mass is 9.66. The van der Waals surface area contributed by atoms with Crippen LogP contribution >= 0.6 is 0 Å². The molecule has 0 fully saturated rings. The second kappa shape index (κ2) is 11.4. The Balaban J connectivity index is 1.29. The first-order valence-corrected chi connectivity index (χ1v) is 20.2. The molecule has 5 aromatic carbocycles. The van der Waals surface area contributed by atoms with E-state index in [1.807, 2.05) is 0 Å². The molecule has 54 heavy (non-hydrogen) atoms. The molecule has 4 atom stereocenters. The van der Waals surface area contributed by atoms with E-state index < -0.39 is 0 Å². The molecule has 0 aliphatic heterocycles. The zero-order chi connectivity index (χ0) is 35.7. The van der Waals surface area contributed by atoms with E-state index in [9.17, 15) is 0 Å². The molecule has 0 heteroatoms. The summed E-state index contributed by atoms with van der Waals surface area (Å²) in [6.45, 7) is 4.75. The maximum absolute atomic E-state index is 2.70. The highest BCUT2D eigenvalue weighted by Crippen LogP contribution is 2.64. The van der Waals surface area contributed by atoms with Crippen molar-refractivity contribution in [2.45, 2.75) is 39.5 Å². The first-order valence-electron chi connectivity index (χ1n) is 20.2. The summed E-state index contributed by atoms with van der Waals surface area (Å²) in [6.07, 6.45) is 29.1. The van der Waals surface area contributed by atoms with Gasteiger partial charge in [0.2, 0.25) is 0 Å². The molecule has 5 aromatic rings. The minimum absolute atomic E-state index is 0.290. The van der Waals surface area contributed by atoms with Crippen molar-refractivity contribution < 1.29 is 0 Å². The molecule has 0 amide bonds. The van der Waals surface area contributed by atoms with Crippen molar-refractivity contribution in [3.05, 3.63) is 190 Å². The van der Waals surface area contributed by atoms with Crippen LogP contribution in [0.3, 0.4) is 0 Å². The highest BCUT2D eigenvalue weighted by molar-refractivity contribution is 6.30. The van der Waals surface area contributed by atoms with Gasteiger partial charge in [-0.15, -0.1) is 0 Å². The summed E-state index contributed by atoms with van der Waals surface area (Å²) in [4.78, 5) is 0. The van der Waals surface area contributed by atoms with E-state index in [-0.39, 0.29) is 5.92 Å². The molecule has 0 bridgehead atoms.